The summed E-state index contributed by atoms with van der Waals surface area (Å²) in [5, 5.41) is 7.59. The molecule has 0 atom stereocenters. The van der Waals surface area contributed by atoms with Crippen molar-refractivity contribution < 1.29 is 0 Å². The van der Waals surface area contributed by atoms with Gasteiger partial charge in [-0.05, 0) is 119 Å². The molecule has 0 amide bonds. The summed E-state index contributed by atoms with van der Waals surface area (Å²) in [6.07, 6.45) is 0. The molecule has 10 rings (SSSR count). The predicted octanol–water partition coefficient (Wildman–Crippen LogP) is 15.3. The van der Waals surface area contributed by atoms with Crippen molar-refractivity contribution in [1.29, 1.82) is 0 Å². The molecule has 0 aliphatic rings. The first kappa shape index (κ1) is 32.4. The fourth-order valence-electron chi connectivity index (χ4n) is 8.11. The van der Waals surface area contributed by atoms with Gasteiger partial charge in [-0.1, -0.05) is 182 Å². The molecule has 10 aromatic carbocycles. The first-order chi connectivity index (χ1) is 27.3. The molecule has 0 fully saturated rings. The monoisotopic (exact) mass is 699 g/mol. The Labute approximate surface area is 322 Å². The molecule has 0 aliphatic carbocycles. The van der Waals surface area contributed by atoms with Crippen molar-refractivity contribution in [2.45, 2.75) is 0 Å². The normalized spacial score (nSPS) is 11.3. The topological polar surface area (TPSA) is 3.24 Å². The molecule has 1 heteroatoms. The van der Waals surface area contributed by atoms with E-state index in [1.54, 1.807) is 0 Å². The Morgan fingerprint density at radius 3 is 1.40 bits per heavy atom. The van der Waals surface area contributed by atoms with Crippen LogP contribution in [-0.2, 0) is 0 Å². The molecular weight excluding hydrogens is 663 g/mol. The van der Waals surface area contributed by atoms with Gasteiger partial charge in [0, 0.05) is 17.1 Å². The van der Waals surface area contributed by atoms with Gasteiger partial charge in [-0.25, -0.2) is 0 Å². The summed E-state index contributed by atoms with van der Waals surface area (Å²) in [6, 6.07) is 81.4. The zero-order valence-corrected chi connectivity index (χ0v) is 30.3. The SMILES string of the molecule is c1ccc(-c2ccc(-c3cccc(N(c4ccc(-c5cccc6ccccc56)cc4)c4ccc(-c5cc6ccccc6c6ccccc56)cc4)c3)cc2)cc1. The van der Waals surface area contributed by atoms with Gasteiger partial charge < -0.3 is 4.90 Å². The van der Waals surface area contributed by atoms with Crippen LogP contribution >= 0.6 is 0 Å². The van der Waals surface area contributed by atoms with E-state index in [1.807, 2.05) is 0 Å². The standard InChI is InChI=1S/C54H37N/c1-2-12-38(13-3-1)39-24-26-40(27-25-39)44-17-10-18-48(36-44)55(46-32-28-42(29-33-46)50-23-11-16-41-14-4-6-19-49(41)50)47-34-30-43(31-35-47)54-37-45-15-5-7-20-51(45)52-21-8-9-22-53(52)54/h1-37H. The summed E-state index contributed by atoms with van der Waals surface area (Å²) >= 11 is 0. The number of nitrogens with zero attached hydrogens (tertiary/aromatic N) is 1. The van der Waals surface area contributed by atoms with E-state index in [1.165, 1.54) is 76.8 Å². The minimum Gasteiger partial charge on any atom is -0.310 e. The third kappa shape index (κ3) is 6.12. The van der Waals surface area contributed by atoms with Crippen molar-refractivity contribution in [3.05, 3.63) is 224 Å². The third-order valence-corrected chi connectivity index (χ3v) is 10.9. The summed E-state index contributed by atoms with van der Waals surface area (Å²) in [4.78, 5) is 2.37. The van der Waals surface area contributed by atoms with E-state index in [0.29, 0.717) is 0 Å². The second kappa shape index (κ2) is 14.0. The highest BCUT2D eigenvalue weighted by atomic mass is 15.1. The first-order valence-electron chi connectivity index (χ1n) is 18.9. The van der Waals surface area contributed by atoms with Crippen molar-refractivity contribution in [2.24, 2.45) is 0 Å². The molecule has 0 aromatic heterocycles. The number of hydrogen-bond acceptors (Lipinski definition) is 1. The number of hydrogen-bond donors (Lipinski definition) is 0. The largest absolute Gasteiger partial charge is 0.310 e. The van der Waals surface area contributed by atoms with Crippen molar-refractivity contribution in [3.63, 3.8) is 0 Å². The van der Waals surface area contributed by atoms with Gasteiger partial charge >= 0.3 is 0 Å². The van der Waals surface area contributed by atoms with Crippen molar-refractivity contribution in [1.82, 2.24) is 0 Å². The Morgan fingerprint density at radius 1 is 0.218 bits per heavy atom. The second-order valence-electron chi connectivity index (χ2n) is 14.1. The Kier molecular flexibility index (Phi) is 8.24. The molecule has 0 saturated carbocycles. The zero-order chi connectivity index (χ0) is 36.6. The molecule has 1 nitrogen and oxygen atoms in total. The average molecular weight is 700 g/mol. The fraction of sp³-hybridized carbons (Fsp3) is 0. The van der Waals surface area contributed by atoms with Gasteiger partial charge in [0.05, 0.1) is 0 Å². The predicted molar refractivity (Wildman–Crippen MR) is 235 cm³/mol. The van der Waals surface area contributed by atoms with Gasteiger partial charge in [-0.15, -0.1) is 0 Å². The lowest BCUT2D eigenvalue weighted by molar-refractivity contribution is 1.28. The number of rotatable bonds is 7. The molecule has 0 radical (unpaired) electrons. The summed E-state index contributed by atoms with van der Waals surface area (Å²) < 4.78 is 0. The molecule has 0 N–H and O–H groups in total. The van der Waals surface area contributed by atoms with Crippen LogP contribution in [0.4, 0.5) is 17.1 Å². The highest BCUT2D eigenvalue weighted by Crippen LogP contribution is 2.41. The number of benzene rings is 10. The molecule has 0 bridgehead atoms. The molecular formula is C54H37N. The quantitative estimate of drug-likeness (QED) is 0.150. The molecule has 0 aliphatic heterocycles. The Balaban J connectivity index is 1.06. The van der Waals surface area contributed by atoms with E-state index in [-0.39, 0.29) is 0 Å². The lowest BCUT2D eigenvalue weighted by Crippen LogP contribution is -2.10. The number of anilines is 3. The lowest BCUT2D eigenvalue weighted by atomic mass is 9.93. The van der Waals surface area contributed by atoms with Crippen LogP contribution in [0, 0.1) is 0 Å². The molecule has 0 spiro atoms. The van der Waals surface area contributed by atoms with Crippen LogP contribution in [0.2, 0.25) is 0 Å². The van der Waals surface area contributed by atoms with Crippen molar-refractivity contribution in [2.75, 3.05) is 4.90 Å². The van der Waals surface area contributed by atoms with Gasteiger partial charge in [0.15, 0.2) is 0 Å². The van der Waals surface area contributed by atoms with Gasteiger partial charge in [0.25, 0.3) is 0 Å². The molecule has 10 aromatic rings. The molecule has 0 heterocycles. The van der Waals surface area contributed by atoms with Gasteiger partial charge in [-0.3, -0.25) is 0 Å². The summed E-state index contributed by atoms with van der Waals surface area (Å²) in [5.74, 6) is 0. The van der Waals surface area contributed by atoms with E-state index >= 15 is 0 Å². The van der Waals surface area contributed by atoms with Gasteiger partial charge in [-0.2, -0.15) is 0 Å². The van der Waals surface area contributed by atoms with Gasteiger partial charge in [0.2, 0.25) is 0 Å². The maximum atomic E-state index is 2.37. The van der Waals surface area contributed by atoms with E-state index in [9.17, 15) is 0 Å². The Bertz CT molecular complexity index is 2940. The van der Waals surface area contributed by atoms with Crippen LogP contribution in [0.1, 0.15) is 0 Å². The molecule has 0 unspecified atom stereocenters. The highest BCUT2D eigenvalue weighted by molar-refractivity contribution is 6.13. The number of fused-ring (bicyclic) bond motifs is 4. The van der Waals surface area contributed by atoms with E-state index in [2.05, 4.69) is 229 Å². The maximum Gasteiger partial charge on any atom is 0.0467 e. The maximum absolute atomic E-state index is 2.37. The van der Waals surface area contributed by atoms with Crippen LogP contribution in [0.25, 0.3) is 76.8 Å². The molecule has 258 valence electrons. The third-order valence-electron chi connectivity index (χ3n) is 10.9. The minimum atomic E-state index is 1.10. The van der Waals surface area contributed by atoms with E-state index < -0.39 is 0 Å². The lowest BCUT2D eigenvalue weighted by Gasteiger charge is -2.26. The zero-order valence-electron chi connectivity index (χ0n) is 30.3. The minimum absolute atomic E-state index is 1.10. The van der Waals surface area contributed by atoms with Crippen molar-refractivity contribution >= 4 is 49.4 Å². The van der Waals surface area contributed by atoms with Crippen LogP contribution in [0.5, 0.6) is 0 Å². The van der Waals surface area contributed by atoms with Gasteiger partial charge in [0.1, 0.15) is 0 Å². The van der Waals surface area contributed by atoms with Crippen LogP contribution in [0.3, 0.4) is 0 Å². The smallest absolute Gasteiger partial charge is 0.0467 e. The average Bonchev–Trinajstić information content (AvgIpc) is 3.27. The van der Waals surface area contributed by atoms with Crippen LogP contribution < -0.4 is 4.90 Å². The Morgan fingerprint density at radius 2 is 0.691 bits per heavy atom. The fourth-order valence-corrected chi connectivity index (χ4v) is 8.11. The van der Waals surface area contributed by atoms with E-state index in [4.69, 9.17) is 0 Å². The summed E-state index contributed by atoms with van der Waals surface area (Å²) in [5.41, 5.74) is 13.0. The second-order valence-corrected chi connectivity index (χ2v) is 14.1. The molecule has 0 saturated heterocycles. The summed E-state index contributed by atoms with van der Waals surface area (Å²) in [6.45, 7) is 0. The van der Waals surface area contributed by atoms with E-state index in [0.717, 1.165) is 17.1 Å². The summed E-state index contributed by atoms with van der Waals surface area (Å²) in [7, 11) is 0. The highest BCUT2D eigenvalue weighted by Gasteiger charge is 2.16. The Hall–Kier alpha value is -7.22. The van der Waals surface area contributed by atoms with Crippen molar-refractivity contribution in [3.8, 4) is 44.5 Å². The molecule has 55 heavy (non-hydrogen) atoms. The van der Waals surface area contributed by atoms with Crippen LogP contribution in [-0.4, -0.2) is 0 Å². The first-order valence-corrected chi connectivity index (χ1v) is 18.9. The van der Waals surface area contributed by atoms with Crippen LogP contribution in [0.15, 0.2) is 224 Å².